The van der Waals surface area contributed by atoms with Crippen LogP contribution < -0.4 is 15.8 Å². The van der Waals surface area contributed by atoms with E-state index in [4.69, 9.17) is 10.5 Å². The van der Waals surface area contributed by atoms with E-state index in [1.165, 1.54) is 25.8 Å². The van der Waals surface area contributed by atoms with E-state index in [0.29, 0.717) is 11.9 Å². The Balaban J connectivity index is 1.96. The van der Waals surface area contributed by atoms with Crippen molar-refractivity contribution in [3.05, 3.63) is 6.07 Å². The molecule has 3 N–H and O–H groups in total. The topological polar surface area (TPSA) is 76.3 Å². The van der Waals surface area contributed by atoms with Gasteiger partial charge in [-0.2, -0.15) is 9.97 Å². The zero-order chi connectivity index (χ0) is 14.5. The average Bonchev–Trinajstić information content (AvgIpc) is 2.36. The van der Waals surface area contributed by atoms with E-state index in [0.717, 1.165) is 12.4 Å². The molecular weight excluding hydrogens is 254 g/mol. The quantitative estimate of drug-likeness (QED) is 0.855. The number of aromatic nitrogens is 2. The minimum Gasteiger partial charge on any atom is -0.475 e. The van der Waals surface area contributed by atoms with E-state index in [9.17, 15) is 0 Å². The van der Waals surface area contributed by atoms with Crippen LogP contribution in [-0.4, -0.2) is 47.2 Å². The molecule has 2 rings (SSSR count). The fraction of sp³-hybridized carbons (Fsp3) is 0.714. The molecule has 0 bridgehead atoms. The number of piperidine rings is 1. The highest BCUT2D eigenvalue weighted by atomic mass is 16.5. The van der Waals surface area contributed by atoms with Gasteiger partial charge >= 0.3 is 0 Å². The van der Waals surface area contributed by atoms with Gasteiger partial charge in [0.05, 0.1) is 6.10 Å². The van der Waals surface area contributed by atoms with Crippen molar-refractivity contribution in [1.82, 2.24) is 14.9 Å². The number of nitrogens with zero attached hydrogens (tertiary/aromatic N) is 3. The largest absolute Gasteiger partial charge is 0.475 e. The van der Waals surface area contributed by atoms with E-state index in [2.05, 4.69) is 27.2 Å². The maximum Gasteiger partial charge on any atom is 0.225 e. The van der Waals surface area contributed by atoms with Gasteiger partial charge in [0, 0.05) is 18.7 Å². The van der Waals surface area contributed by atoms with Gasteiger partial charge in [0.25, 0.3) is 0 Å². The molecule has 0 spiro atoms. The van der Waals surface area contributed by atoms with Gasteiger partial charge in [-0.25, -0.2) is 0 Å². The number of hydrogen-bond acceptors (Lipinski definition) is 6. The normalized spacial score (nSPS) is 20.1. The summed E-state index contributed by atoms with van der Waals surface area (Å²) in [6, 6.07) is 2.36. The van der Waals surface area contributed by atoms with E-state index in [1.807, 2.05) is 13.8 Å². The molecular formula is C14H25N5O. The third-order valence-corrected chi connectivity index (χ3v) is 3.52. The minimum absolute atomic E-state index is 0.0710. The molecule has 1 aromatic rings. The van der Waals surface area contributed by atoms with Gasteiger partial charge in [-0.05, 0) is 40.3 Å². The predicted octanol–water partition coefficient (Wildman–Crippen LogP) is 1.74. The first-order chi connectivity index (χ1) is 9.54. The molecule has 0 aromatic carbocycles. The predicted molar refractivity (Wildman–Crippen MR) is 81.0 cm³/mol. The van der Waals surface area contributed by atoms with E-state index in [-0.39, 0.29) is 12.1 Å². The van der Waals surface area contributed by atoms with Crippen LogP contribution in [0, 0.1) is 0 Å². The van der Waals surface area contributed by atoms with Gasteiger partial charge in [-0.1, -0.05) is 6.42 Å². The van der Waals surface area contributed by atoms with E-state index < -0.39 is 0 Å². The summed E-state index contributed by atoms with van der Waals surface area (Å²) in [5, 5.41) is 3.35. The molecule has 6 nitrogen and oxygen atoms in total. The highest BCUT2D eigenvalue weighted by Gasteiger charge is 2.18. The van der Waals surface area contributed by atoms with Crippen molar-refractivity contribution >= 4 is 11.8 Å². The van der Waals surface area contributed by atoms with Crippen LogP contribution in [0.15, 0.2) is 6.07 Å². The Morgan fingerprint density at radius 3 is 2.95 bits per heavy atom. The number of nitrogens with two attached hydrogens (primary N) is 1. The first kappa shape index (κ1) is 14.8. The molecule has 1 aliphatic heterocycles. The van der Waals surface area contributed by atoms with Crippen LogP contribution in [-0.2, 0) is 0 Å². The summed E-state index contributed by atoms with van der Waals surface area (Å²) in [5.41, 5.74) is 5.72. The van der Waals surface area contributed by atoms with Crippen LogP contribution in [0.4, 0.5) is 11.8 Å². The molecule has 1 aliphatic rings. The molecule has 20 heavy (non-hydrogen) atoms. The van der Waals surface area contributed by atoms with Crippen LogP contribution in [0.3, 0.4) is 0 Å². The second-order valence-electron chi connectivity index (χ2n) is 5.63. The zero-order valence-corrected chi connectivity index (χ0v) is 12.6. The molecule has 112 valence electrons. The average molecular weight is 279 g/mol. The first-order valence-electron chi connectivity index (χ1n) is 7.30. The first-order valence-corrected chi connectivity index (χ1v) is 7.30. The Labute approximate surface area is 120 Å². The minimum atomic E-state index is 0.0710. The monoisotopic (exact) mass is 279 g/mol. The molecule has 1 saturated heterocycles. The van der Waals surface area contributed by atoms with Gasteiger partial charge in [0.1, 0.15) is 5.82 Å². The summed E-state index contributed by atoms with van der Waals surface area (Å²) < 4.78 is 5.57. The zero-order valence-electron chi connectivity index (χ0n) is 12.6. The molecule has 1 aromatic heterocycles. The van der Waals surface area contributed by atoms with Gasteiger partial charge in [0.15, 0.2) is 0 Å². The second kappa shape index (κ2) is 6.74. The van der Waals surface area contributed by atoms with Crippen LogP contribution in [0.25, 0.3) is 0 Å². The lowest BCUT2D eigenvalue weighted by Crippen LogP contribution is -2.40. The molecule has 1 fully saturated rings. The van der Waals surface area contributed by atoms with Crippen LogP contribution >= 0.6 is 0 Å². The molecule has 6 heteroatoms. The Bertz CT molecular complexity index is 438. The summed E-state index contributed by atoms with van der Waals surface area (Å²) in [6.07, 6.45) is 3.88. The highest BCUT2D eigenvalue weighted by molar-refractivity contribution is 5.42. The van der Waals surface area contributed by atoms with Gasteiger partial charge in [-0.3, -0.25) is 0 Å². The van der Waals surface area contributed by atoms with Gasteiger partial charge < -0.3 is 20.7 Å². The number of anilines is 2. The SMILES string of the molecule is CC(C)Oc1cc(NCC2CCCCN2C)nc(N)n1. The number of ether oxygens (including phenoxy) is 1. The van der Waals surface area contributed by atoms with Crippen molar-refractivity contribution in [3.63, 3.8) is 0 Å². The second-order valence-corrected chi connectivity index (χ2v) is 5.63. The summed E-state index contributed by atoms with van der Waals surface area (Å²) in [4.78, 5) is 10.7. The summed E-state index contributed by atoms with van der Waals surface area (Å²) >= 11 is 0. The Morgan fingerprint density at radius 1 is 1.45 bits per heavy atom. The van der Waals surface area contributed by atoms with Crippen molar-refractivity contribution < 1.29 is 4.74 Å². The maximum atomic E-state index is 5.72. The smallest absolute Gasteiger partial charge is 0.225 e. The number of likely N-dealkylation sites (N-methyl/N-ethyl adjacent to an activating group) is 1. The summed E-state index contributed by atoms with van der Waals surface area (Å²) in [6.45, 7) is 5.96. The number of rotatable bonds is 5. The Kier molecular flexibility index (Phi) is 5.00. The molecule has 2 heterocycles. The molecule has 1 unspecified atom stereocenters. The van der Waals surface area contributed by atoms with Crippen LogP contribution in [0.1, 0.15) is 33.1 Å². The summed E-state index contributed by atoms with van der Waals surface area (Å²) in [7, 11) is 2.17. The standard InChI is InChI=1S/C14H25N5O/c1-10(2)20-13-8-12(17-14(15)18-13)16-9-11-6-4-5-7-19(11)3/h8,10-11H,4-7,9H2,1-3H3,(H3,15,16,17,18). The van der Waals surface area contributed by atoms with Crippen molar-refractivity contribution in [2.24, 2.45) is 0 Å². The molecule has 0 radical (unpaired) electrons. The fourth-order valence-corrected chi connectivity index (χ4v) is 2.46. The van der Waals surface area contributed by atoms with Crippen molar-refractivity contribution in [1.29, 1.82) is 0 Å². The van der Waals surface area contributed by atoms with E-state index in [1.54, 1.807) is 6.07 Å². The molecule has 0 saturated carbocycles. The van der Waals surface area contributed by atoms with Crippen LogP contribution in [0.2, 0.25) is 0 Å². The van der Waals surface area contributed by atoms with Crippen LogP contribution in [0.5, 0.6) is 5.88 Å². The molecule has 0 amide bonds. The van der Waals surface area contributed by atoms with E-state index >= 15 is 0 Å². The molecule has 1 atom stereocenters. The Morgan fingerprint density at radius 2 is 2.25 bits per heavy atom. The van der Waals surface area contributed by atoms with Gasteiger partial charge in [-0.15, -0.1) is 0 Å². The number of likely N-dealkylation sites (tertiary alicyclic amines) is 1. The molecule has 0 aliphatic carbocycles. The lowest BCUT2D eigenvalue weighted by atomic mass is 10.0. The number of hydrogen-bond donors (Lipinski definition) is 2. The number of nitrogen functional groups attached to an aromatic ring is 1. The van der Waals surface area contributed by atoms with Crippen molar-refractivity contribution in [2.75, 3.05) is 31.2 Å². The highest BCUT2D eigenvalue weighted by Crippen LogP contribution is 2.18. The Hall–Kier alpha value is -1.56. The lowest BCUT2D eigenvalue weighted by molar-refractivity contribution is 0.194. The lowest BCUT2D eigenvalue weighted by Gasteiger charge is -2.32. The third-order valence-electron chi connectivity index (χ3n) is 3.52. The van der Waals surface area contributed by atoms with Crippen molar-refractivity contribution in [3.8, 4) is 5.88 Å². The third kappa shape index (κ3) is 4.23. The fourth-order valence-electron chi connectivity index (χ4n) is 2.46. The summed E-state index contributed by atoms with van der Waals surface area (Å²) in [5.74, 6) is 1.49. The maximum absolute atomic E-state index is 5.72. The number of nitrogens with one attached hydrogen (secondary N) is 1. The van der Waals surface area contributed by atoms with Crippen molar-refractivity contribution in [2.45, 2.75) is 45.3 Å². The van der Waals surface area contributed by atoms with Gasteiger partial charge in [0.2, 0.25) is 11.8 Å².